The van der Waals surface area contributed by atoms with E-state index in [4.69, 9.17) is 0 Å². The monoisotopic (exact) mass is 426 g/mol. The van der Waals surface area contributed by atoms with Gasteiger partial charge in [0.25, 0.3) is 0 Å². The zero-order valence-corrected chi connectivity index (χ0v) is 18.6. The average Bonchev–Trinajstić information content (AvgIpc) is 3.08. The van der Waals surface area contributed by atoms with E-state index in [-0.39, 0.29) is 23.0 Å². The normalized spacial score (nSPS) is 18.7. The highest BCUT2D eigenvalue weighted by atomic mass is 32.2. The number of sulfone groups is 1. The lowest BCUT2D eigenvalue weighted by Crippen LogP contribution is -2.47. The lowest BCUT2D eigenvalue weighted by Gasteiger charge is -2.40. The van der Waals surface area contributed by atoms with Crippen molar-refractivity contribution in [2.75, 3.05) is 36.8 Å². The molecule has 0 radical (unpaired) electrons. The maximum Gasteiger partial charge on any atom is 0.229 e. The maximum absolute atomic E-state index is 12.8. The van der Waals surface area contributed by atoms with E-state index in [1.54, 1.807) is 24.3 Å². The number of amides is 1. The second kappa shape index (κ2) is 8.16. The lowest BCUT2D eigenvalue weighted by atomic mass is 9.74. The Labute approximate surface area is 179 Å². The van der Waals surface area contributed by atoms with E-state index in [1.807, 2.05) is 30.9 Å². The first-order valence-electron chi connectivity index (χ1n) is 10.7. The topological polar surface area (TPSA) is 57.7 Å². The minimum absolute atomic E-state index is 0.0179. The van der Waals surface area contributed by atoms with E-state index in [9.17, 15) is 13.2 Å². The molecule has 5 nitrogen and oxygen atoms in total. The summed E-state index contributed by atoms with van der Waals surface area (Å²) in [6.45, 7) is 6.88. The van der Waals surface area contributed by atoms with Crippen LogP contribution in [0.25, 0.3) is 0 Å². The fourth-order valence-electron chi connectivity index (χ4n) is 4.77. The fourth-order valence-corrected chi connectivity index (χ4v) is 6.07. The van der Waals surface area contributed by atoms with Crippen LogP contribution in [0.2, 0.25) is 0 Å². The van der Waals surface area contributed by atoms with Crippen molar-refractivity contribution in [1.82, 2.24) is 4.90 Å². The van der Waals surface area contributed by atoms with Crippen molar-refractivity contribution in [2.24, 2.45) is 5.92 Å². The summed E-state index contributed by atoms with van der Waals surface area (Å²) in [4.78, 5) is 17.4. The molecule has 30 heavy (non-hydrogen) atoms. The Morgan fingerprint density at radius 2 is 1.63 bits per heavy atom. The van der Waals surface area contributed by atoms with Gasteiger partial charge in [0.2, 0.25) is 5.91 Å². The van der Waals surface area contributed by atoms with Crippen LogP contribution >= 0.6 is 0 Å². The van der Waals surface area contributed by atoms with Gasteiger partial charge in [-0.3, -0.25) is 4.79 Å². The molecule has 0 N–H and O–H groups in total. The van der Waals surface area contributed by atoms with Gasteiger partial charge in [-0.15, -0.1) is 0 Å². The van der Waals surface area contributed by atoms with Crippen molar-refractivity contribution < 1.29 is 13.2 Å². The highest BCUT2D eigenvalue weighted by Crippen LogP contribution is 2.47. The number of piperidine rings is 1. The number of fused-ring (bicyclic) bond motifs is 2. The molecule has 6 heteroatoms. The van der Waals surface area contributed by atoms with Gasteiger partial charge in [-0.1, -0.05) is 50.2 Å². The standard InChI is InChI=1S/C24H30N2O3S/c1-19(2)23(27)26-18-24(21-10-6-7-11-22(21)26)12-14-25(15-13-24)16-17-30(28,29)20-8-4-3-5-9-20/h3-11,19H,12-18H2,1-2H3. The predicted molar refractivity (Wildman–Crippen MR) is 119 cm³/mol. The molecule has 1 amide bonds. The molecule has 0 aliphatic carbocycles. The molecule has 0 atom stereocenters. The SMILES string of the molecule is CC(C)C(=O)N1CC2(CCN(CCS(=O)(=O)c3ccccc3)CC2)c2ccccc21. The molecule has 1 saturated heterocycles. The zero-order valence-electron chi connectivity index (χ0n) is 17.8. The molecule has 0 saturated carbocycles. The summed E-state index contributed by atoms with van der Waals surface area (Å²) in [5.74, 6) is 0.283. The van der Waals surface area contributed by atoms with Gasteiger partial charge in [0.15, 0.2) is 9.84 Å². The van der Waals surface area contributed by atoms with Crippen LogP contribution in [-0.2, 0) is 20.0 Å². The molecule has 0 aromatic heterocycles. The maximum atomic E-state index is 12.8. The van der Waals surface area contributed by atoms with Crippen LogP contribution in [0, 0.1) is 5.92 Å². The van der Waals surface area contributed by atoms with Crippen molar-refractivity contribution >= 4 is 21.4 Å². The van der Waals surface area contributed by atoms with Gasteiger partial charge < -0.3 is 9.80 Å². The molecule has 2 aromatic rings. The molecule has 1 spiro atoms. The van der Waals surface area contributed by atoms with Crippen LogP contribution in [-0.4, -0.2) is 51.2 Å². The Kier molecular flexibility index (Phi) is 5.73. The fraction of sp³-hybridized carbons (Fsp3) is 0.458. The van der Waals surface area contributed by atoms with E-state index in [2.05, 4.69) is 23.1 Å². The highest BCUT2D eigenvalue weighted by Gasteiger charge is 2.46. The van der Waals surface area contributed by atoms with Crippen molar-refractivity contribution in [3.63, 3.8) is 0 Å². The number of nitrogens with zero attached hydrogens (tertiary/aromatic N) is 2. The number of para-hydroxylation sites is 1. The molecule has 4 rings (SSSR count). The smallest absolute Gasteiger partial charge is 0.229 e. The van der Waals surface area contributed by atoms with Gasteiger partial charge in [-0.05, 0) is 49.7 Å². The Bertz CT molecular complexity index is 1010. The summed E-state index contributed by atoms with van der Waals surface area (Å²) in [5, 5.41) is 0. The van der Waals surface area contributed by atoms with Gasteiger partial charge in [0, 0.05) is 30.1 Å². The number of likely N-dealkylation sites (tertiary alicyclic amines) is 1. The minimum atomic E-state index is -3.26. The first-order valence-corrected chi connectivity index (χ1v) is 12.4. The average molecular weight is 427 g/mol. The second-order valence-electron chi connectivity index (χ2n) is 8.85. The molecule has 0 bridgehead atoms. The van der Waals surface area contributed by atoms with Crippen molar-refractivity contribution in [3.05, 3.63) is 60.2 Å². The first kappa shape index (κ1) is 21.1. The van der Waals surface area contributed by atoms with E-state index in [1.165, 1.54) is 5.56 Å². The van der Waals surface area contributed by atoms with Gasteiger partial charge >= 0.3 is 0 Å². The summed E-state index contributed by atoms with van der Waals surface area (Å²) in [6.07, 6.45) is 1.88. The Balaban J connectivity index is 1.43. The summed E-state index contributed by atoms with van der Waals surface area (Å²) in [6, 6.07) is 17.0. The summed E-state index contributed by atoms with van der Waals surface area (Å²) in [5.41, 5.74) is 2.31. The number of anilines is 1. The van der Waals surface area contributed by atoms with Crippen LogP contribution in [0.4, 0.5) is 5.69 Å². The number of benzene rings is 2. The van der Waals surface area contributed by atoms with Crippen LogP contribution in [0.5, 0.6) is 0 Å². The molecule has 2 aromatic carbocycles. The van der Waals surface area contributed by atoms with Crippen LogP contribution in [0.1, 0.15) is 32.3 Å². The Morgan fingerprint density at radius 1 is 1.00 bits per heavy atom. The molecular weight excluding hydrogens is 396 g/mol. The zero-order chi connectivity index (χ0) is 21.4. The summed E-state index contributed by atoms with van der Waals surface area (Å²) in [7, 11) is -3.26. The molecule has 160 valence electrons. The molecule has 2 heterocycles. The van der Waals surface area contributed by atoms with Gasteiger partial charge in [-0.25, -0.2) is 8.42 Å². The highest BCUT2D eigenvalue weighted by molar-refractivity contribution is 7.91. The molecule has 0 unspecified atom stereocenters. The minimum Gasteiger partial charge on any atom is -0.311 e. The predicted octanol–water partition coefficient (Wildman–Crippen LogP) is 3.50. The van der Waals surface area contributed by atoms with E-state index >= 15 is 0 Å². The summed E-state index contributed by atoms with van der Waals surface area (Å²) >= 11 is 0. The molecular formula is C24H30N2O3S. The van der Waals surface area contributed by atoms with E-state index in [0.29, 0.717) is 11.4 Å². The summed E-state index contributed by atoms with van der Waals surface area (Å²) < 4.78 is 25.2. The molecule has 2 aliphatic rings. The number of carbonyl (C=O) groups excluding carboxylic acids is 1. The Morgan fingerprint density at radius 3 is 2.30 bits per heavy atom. The van der Waals surface area contributed by atoms with Crippen LogP contribution in [0.3, 0.4) is 0 Å². The Hall–Kier alpha value is -2.18. The third-order valence-electron chi connectivity index (χ3n) is 6.58. The van der Waals surface area contributed by atoms with Crippen LogP contribution in [0.15, 0.2) is 59.5 Å². The molecule has 1 fully saturated rings. The number of hydrogen-bond donors (Lipinski definition) is 0. The lowest BCUT2D eigenvalue weighted by molar-refractivity contribution is -0.121. The van der Waals surface area contributed by atoms with Crippen LogP contribution < -0.4 is 4.90 Å². The second-order valence-corrected chi connectivity index (χ2v) is 11.0. The number of hydrogen-bond acceptors (Lipinski definition) is 4. The van der Waals surface area contributed by atoms with E-state index in [0.717, 1.165) is 38.2 Å². The van der Waals surface area contributed by atoms with Gasteiger partial charge in [0.05, 0.1) is 10.6 Å². The number of carbonyl (C=O) groups is 1. The van der Waals surface area contributed by atoms with Crippen molar-refractivity contribution in [1.29, 1.82) is 0 Å². The quantitative estimate of drug-likeness (QED) is 0.734. The van der Waals surface area contributed by atoms with Gasteiger partial charge in [-0.2, -0.15) is 0 Å². The largest absolute Gasteiger partial charge is 0.311 e. The van der Waals surface area contributed by atoms with E-state index < -0.39 is 9.84 Å². The van der Waals surface area contributed by atoms with Gasteiger partial charge in [0.1, 0.15) is 0 Å². The molecule has 2 aliphatic heterocycles. The first-order chi connectivity index (χ1) is 14.3. The third-order valence-corrected chi connectivity index (χ3v) is 8.29. The number of rotatable bonds is 5. The van der Waals surface area contributed by atoms with Crippen molar-refractivity contribution in [3.8, 4) is 0 Å². The van der Waals surface area contributed by atoms with Crippen molar-refractivity contribution in [2.45, 2.75) is 37.0 Å². The third kappa shape index (κ3) is 3.91.